The van der Waals surface area contributed by atoms with E-state index in [1.54, 1.807) is 0 Å². The van der Waals surface area contributed by atoms with Crippen molar-refractivity contribution in [3.63, 3.8) is 0 Å². The highest BCUT2D eigenvalue weighted by Gasteiger charge is 2.27. The Morgan fingerprint density at radius 3 is 2.77 bits per heavy atom. The van der Waals surface area contributed by atoms with Crippen molar-refractivity contribution in [2.45, 2.75) is 44.8 Å². The lowest BCUT2D eigenvalue weighted by molar-refractivity contribution is -0.0186. The molecule has 13 heavy (non-hydrogen) atoms. The smallest absolute Gasteiger partial charge is 0.0746 e. The van der Waals surface area contributed by atoms with E-state index in [0.717, 1.165) is 38.9 Å². The van der Waals surface area contributed by atoms with Crippen molar-refractivity contribution in [3.05, 3.63) is 0 Å². The molecule has 1 aliphatic rings. The van der Waals surface area contributed by atoms with Gasteiger partial charge in [-0.05, 0) is 39.7 Å². The van der Waals surface area contributed by atoms with E-state index in [-0.39, 0.29) is 6.10 Å². The highest BCUT2D eigenvalue weighted by molar-refractivity contribution is 4.82. The van der Waals surface area contributed by atoms with Crippen LogP contribution in [0.5, 0.6) is 0 Å². The fourth-order valence-electron chi connectivity index (χ4n) is 1.88. The second-order valence-electron chi connectivity index (χ2n) is 4.51. The first kappa shape index (κ1) is 11.0. The van der Waals surface area contributed by atoms with Crippen molar-refractivity contribution in [2.75, 3.05) is 19.6 Å². The molecule has 1 aliphatic heterocycles. The number of aliphatic hydroxyl groups excluding tert-OH is 1. The van der Waals surface area contributed by atoms with Crippen LogP contribution in [-0.2, 0) is 0 Å². The summed E-state index contributed by atoms with van der Waals surface area (Å²) < 4.78 is 0. The molecular weight excluding hydrogens is 166 g/mol. The number of hydrogen-bond acceptors (Lipinski definition) is 3. The summed E-state index contributed by atoms with van der Waals surface area (Å²) in [6.45, 7) is 6.40. The average Bonchev–Trinajstić information content (AvgIpc) is 1.99. The third kappa shape index (κ3) is 4.07. The van der Waals surface area contributed by atoms with E-state index in [0.29, 0.717) is 0 Å². The maximum absolute atomic E-state index is 9.81. The van der Waals surface area contributed by atoms with Crippen LogP contribution in [0, 0.1) is 0 Å². The number of piperidine rings is 1. The summed E-state index contributed by atoms with van der Waals surface area (Å²) >= 11 is 0. The van der Waals surface area contributed by atoms with Crippen LogP contribution in [0.1, 0.15) is 33.1 Å². The SMILES string of the molecule is CC(O)CCN1CCCC(C)(O)C1. The van der Waals surface area contributed by atoms with Crippen LogP contribution in [-0.4, -0.2) is 46.5 Å². The predicted octanol–water partition coefficient (Wildman–Crippen LogP) is 0.604. The van der Waals surface area contributed by atoms with Crippen molar-refractivity contribution in [2.24, 2.45) is 0 Å². The van der Waals surface area contributed by atoms with Crippen molar-refractivity contribution >= 4 is 0 Å². The second-order valence-corrected chi connectivity index (χ2v) is 4.51. The highest BCUT2D eigenvalue weighted by atomic mass is 16.3. The third-order valence-corrected chi connectivity index (χ3v) is 2.62. The number of aliphatic hydroxyl groups is 2. The Balaban J connectivity index is 2.26. The van der Waals surface area contributed by atoms with Crippen molar-refractivity contribution in [1.29, 1.82) is 0 Å². The molecule has 0 aromatic rings. The second kappa shape index (κ2) is 4.40. The summed E-state index contributed by atoms with van der Waals surface area (Å²) in [4.78, 5) is 2.23. The van der Waals surface area contributed by atoms with Gasteiger partial charge in [0.05, 0.1) is 11.7 Å². The molecule has 1 saturated heterocycles. The molecule has 78 valence electrons. The van der Waals surface area contributed by atoms with Gasteiger partial charge in [-0.15, -0.1) is 0 Å². The van der Waals surface area contributed by atoms with Gasteiger partial charge in [0.15, 0.2) is 0 Å². The van der Waals surface area contributed by atoms with E-state index in [2.05, 4.69) is 4.90 Å². The van der Waals surface area contributed by atoms with Gasteiger partial charge < -0.3 is 15.1 Å². The quantitative estimate of drug-likeness (QED) is 0.680. The van der Waals surface area contributed by atoms with E-state index in [4.69, 9.17) is 5.11 Å². The van der Waals surface area contributed by atoms with Gasteiger partial charge in [0.1, 0.15) is 0 Å². The number of likely N-dealkylation sites (tertiary alicyclic amines) is 1. The third-order valence-electron chi connectivity index (χ3n) is 2.62. The standard InChI is InChI=1S/C10H21NO2/c1-9(12)4-7-11-6-3-5-10(2,13)8-11/h9,12-13H,3-8H2,1-2H3. The minimum atomic E-state index is -0.517. The van der Waals surface area contributed by atoms with E-state index in [9.17, 15) is 5.11 Å². The lowest BCUT2D eigenvalue weighted by atomic mass is 9.95. The van der Waals surface area contributed by atoms with Crippen molar-refractivity contribution in [1.82, 2.24) is 4.90 Å². The van der Waals surface area contributed by atoms with E-state index < -0.39 is 5.60 Å². The monoisotopic (exact) mass is 187 g/mol. The van der Waals surface area contributed by atoms with Gasteiger partial charge in [-0.25, -0.2) is 0 Å². The molecule has 3 heteroatoms. The van der Waals surface area contributed by atoms with Crippen LogP contribution in [0.2, 0.25) is 0 Å². The fourth-order valence-corrected chi connectivity index (χ4v) is 1.88. The summed E-state index contributed by atoms with van der Waals surface area (Å²) in [5.74, 6) is 0. The molecule has 1 fully saturated rings. The van der Waals surface area contributed by atoms with Gasteiger partial charge in [0.25, 0.3) is 0 Å². The minimum absolute atomic E-state index is 0.230. The Kier molecular flexibility index (Phi) is 3.71. The van der Waals surface area contributed by atoms with Crippen LogP contribution < -0.4 is 0 Å². The molecule has 0 saturated carbocycles. The fraction of sp³-hybridized carbons (Fsp3) is 1.00. The molecule has 0 bridgehead atoms. The molecule has 0 aliphatic carbocycles. The minimum Gasteiger partial charge on any atom is -0.393 e. The molecule has 2 N–H and O–H groups in total. The van der Waals surface area contributed by atoms with Gasteiger partial charge >= 0.3 is 0 Å². The van der Waals surface area contributed by atoms with Crippen LogP contribution in [0.4, 0.5) is 0 Å². The lowest BCUT2D eigenvalue weighted by Crippen LogP contribution is -2.46. The maximum Gasteiger partial charge on any atom is 0.0746 e. The molecule has 0 radical (unpaired) electrons. The molecule has 2 unspecified atom stereocenters. The van der Waals surface area contributed by atoms with Crippen molar-refractivity contribution < 1.29 is 10.2 Å². The Morgan fingerprint density at radius 2 is 2.23 bits per heavy atom. The number of β-amino-alcohol motifs (C(OH)–C–C–N with tert-alkyl or cyclic N) is 1. The Morgan fingerprint density at radius 1 is 1.54 bits per heavy atom. The zero-order valence-electron chi connectivity index (χ0n) is 8.66. The summed E-state index contributed by atoms with van der Waals surface area (Å²) in [6, 6.07) is 0. The van der Waals surface area contributed by atoms with Crippen LogP contribution in [0.3, 0.4) is 0 Å². The lowest BCUT2D eigenvalue weighted by Gasteiger charge is -2.37. The number of rotatable bonds is 3. The van der Waals surface area contributed by atoms with Gasteiger partial charge in [0.2, 0.25) is 0 Å². The molecule has 1 rings (SSSR count). The molecule has 0 aromatic carbocycles. The molecule has 0 spiro atoms. The zero-order chi connectivity index (χ0) is 9.90. The molecule has 0 amide bonds. The summed E-state index contributed by atoms with van der Waals surface area (Å²) in [5, 5.41) is 18.9. The number of nitrogens with zero attached hydrogens (tertiary/aromatic N) is 1. The van der Waals surface area contributed by atoms with Gasteiger partial charge in [-0.3, -0.25) is 0 Å². The molecule has 3 nitrogen and oxygen atoms in total. The molecule has 1 heterocycles. The maximum atomic E-state index is 9.81. The molecular formula is C10H21NO2. The topological polar surface area (TPSA) is 43.7 Å². The normalized spacial score (nSPS) is 33.2. The average molecular weight is 187 g/mol. The Bertz CT molecular complexity index is 157. The predicted molar refractivity (Wildman–Crippen MR) is 52.6 cm³/mol. The summed E-state index contributed by atoms with van der Waals surface area (Å²) in [5.41, 5.74) is -0.517. The summed E-state index contributed by atoms with van der Waals surface area (Å²) in [7, 11) is 0. The Labute approximate surface area is 80.4 Å². The highest BCUT2D eigenvalue weighted by Crippen LogP contribution is 2.20. The van der Waals surface area contributed by atoms with E-state index >= 15 is 0 Å². The first-order chi connectivity index (χ1) is 5.99. The molecule has 2 atom stereocenters. The number of hydrogen-bond donors (Lipinski definition) is 2. The van der Waals surface area contributed by atoms with Gasteiger partial charge in [0, 0.05) is 13.1 Å². The van der Waals surface area contributed by atoms with E-state index in [1.807, 2.05) is 13.8 Å². The van der Waals surface area contributed by atoms with Gasteiger partial charge in [-0.2, -0.15) is 0 Å². The van der Waals surface area contributed by atoms with Crippen LogP contribution in [0.25, 0.3) is 0 Å². The summed E-state index contributed by atoms with van der Waals surface area (Å²) in [6.07, 6.45) is 2.54. The Hall–Kier alpha value is -0.120. The van der Waals surface area contributed by atoms with Crippen molar-refractivity contribution in [3.8, 4) is 0 Å². The molecule has 0 aromatic heterocycles. The first-order valence-corrected chi connectivity index (χ1v) is 5.12. The van der Waals surface area contributed by atoms with Crippen LogP contribution >= 0.6 is 0 Å². The van der Waals surface area contributed by atoms with E-state index in [1.165, 1.54) is 0 Å². The zero-order valence-corrected chi connectivity index (χ0v) is 8.66. The van der Waals surface area contributed by atoms with Crippen LogP contribution in [0.15, 0.2) is 0 Å². The first-order valence-electron chi connectivity index (χ1n) is 5.12. The largest absolute Gasteiger partial charge is 0.393 e. The van der Waals surface area contributed by atoms with Gasteiger partial charge in [-0.1, -0.05) is 0 Å².